The van der Waals surface area contributed by atoms with Gasteiger partial charge in [-0.1, -0.05) is 0 Å². The summed E-state index contributed by atoms with van der Waals surface area (Å²) in [4.78, 5) is 36.1. The van der Waals surface area contributed by atoms with Gasteiger partial charge in [-0.3, -0.25) is 4.79 Å². The number of nitrogens with one attached hydrogen (secondary N) is 1. The molecule has 0 unspecified atom stereocenters. The molecule has 2 amide bonds. The fraction of sp³-hybridized carbons (Fsp3) is 0.625. The molecule has 1 aromatic rings. The fourth-order valence-electron chi connectivity index (χ4n) is 2.87. The molecule has 0 aromatic carbocycles. The zero-order chi connectivity index (χ0) is 17.3. The van der Waals surface area contributed by atoms with Crippen molar-refractivity contribution in [1.29, 1.82) is 0 Å². The lowest BCUT2D eigenvalue weighted by Gasteiger charge is -2.37. The van der Waals surface area contributed by atoms with Crippen LogP contribution in [0.5, 0.6) is 0 Å². The summed E-state index contributed by atoms with van der Waals surface area (Å²) in [6.45, 7) is 8.11. The van der Waals surface area contributed by atoms with Crippen LogP contribution in [0, 0.1) is 0 Å². The van der Waals surface area contributed by atoms with Crippen LogP contribution in [0.2, 0.25) is 0 Å². The van der Waals surface area contributed by atoms with E-state index in [1.807, 2.05) is 20.8 Å². The zero-order valence-corrected chi connectivity index (χ0v) is 14.3. The third kappa shape index (κ3) is 3.58. The van der Waals surface area contributed by atoms with E-state index in [2.05, 4.69) is 20.2 Å². The van der Waals surface area contributed by atoms with Crippen molar-refractivity contribution in [1.82, 2.24) is 14.9 Å². The second kappa shape index (κ2) is 6.26. The Balaban J connectivity index is 1.67. The van der Waals surface area contributed by atoms with Crippen molar-refractivity contribution in [2.24, 2.45) is 0 Å². The maximum Gasteiger partial charge on any atom is 0.410 e. The van der Waals surface area contributed by atoms with Gasteiger partial charge in [-0.05, 0) is 27.2 Å². The molecule has 0 atom stereocenters. The van der Waals surface area contributed by atoms with Gasteiger partial charge < -0.3 is 19.9 Å². The molecule has 1 fully saturated rings. The van der Waals surface area contributed by atoms with E-state index in [0.29, 0.717) is 44.8 Å². The number of rotatable bonds is 1. The molecule has 8 nitrogen and oxygen atoms in total. The lowest BCUT2D eigenvalue weighted by Crippen LogP contribution is -2.50. The average Bonchev–Trinajstić information content (AvgIpc) is 2.52. The second-order valence-electron chi connectivity index (χ2n) is 7.03. The molecule has 3 heterocycles. The predicted molar refractivity (Wildman–Crippen MR) is 89.0 cm³/mol. The van der Waals surface area contributed by atoms with E-state index in [1.165, 1.54) is 6.33 Å². The minimum Gasteiger partial charge on any atom is -0.444 e. The highest BCUT2D eigenvalue weighted by Crippen LogP contribution is 2.28. The van der Waals surface area contributed by atoms with Crippen LogP contribution in [0.4, 0.5) is 16.4 Å². The quantitative estimate of drug-likeness (QED) is 0.836. The van der Waals surface area contributed by atoms with Crippen molar-refractivity contribution in [2.45, 2.75) is 39.2 Å². The molecule has 8 heteroatoms. The van der Waals surface area contributed by atoms with Crippen molar-refractivity contribution in [3.63, 3.8) is 0 Å². The van der Waals surface area contributed by atoms with Crippen molar-refractivity contribution < 1.29 is 14.3 Å². The molecule has 2 aliphatic rings. The monoisotopic (exact) mass is 333 g/mol. The van der Waals surface area contributed by atoms with Crippen LogP contribution >= 0.6 is 0 Å². The van der Waals surface area contributed by atoms with Crippen LogP contribution in [0.3, 0.4) is 0 Å². The standard InChI is InChI=1S/C16H23N5O3/c1-16(2,3)24-15(23)21-8-6-20(7-9-21)14-11-4-5-12(22)19-13(11)17-10-18-14/h10H,4-9H2,1-3H3,(H,17,18,19,22). The number of aromatic nitrogens is 2. The van der Waals surface area contributed by atoms with Crippen LogP contribution < -0.4 is 10.2 Å². The Bertz CT molecular complexity index is 648. The molecule has 1 saturated heterocycles. The number of carbonyl (C=O) groups is 2. The number of hydrogen-bond donors (Lipinski definition) is 1. The normalized spacial score (nSPS) is 18.0. The summed E-state index contributed by atoms with van der Waals surface area (Å²) in [6.07, 6.45) is 2.29. The van der Waals surface area contributed by atoms with Gasteiger partial charge in [0.25, 0.3) is 0 Å². The number of ether oxygens (including phenoxy) is 1. The number of carbonyl (C=O) groups excluding carboxylic acids is 2. The molecule has 0 spiro atoms. The summed E-state index contributed by atoms with van der Waals surface area (Å²) in [5.74, 6) is 1.44. The van der Waals surface area contributed by atoms with Crippen LogP contribution in [0.1, 0.15) is 32.8 Å². The van der Waals surface area contributed by atoms with E-state index >= 15 is 0 Å². The van der Waals surface area contributed by atoms with Gasteiger partial charge in [0.2, 0.25) is 5.91 Å². The number of fused-ring (bicyclic) bond motifs is 1. The van der Waals surface area contributed by atoms with E-state index in [-0.39, 0.29) is 12.0 Å². The summed E-state index contributed by atoms with van der Waals surface area (Å²) in [6, 6.07) is 0. The van der Waals surface area contributed by atoms with Gasteiger partial charge >= 0.3 is 6.09 Å². The summed E-state index contributed by atoms with van der Waals surface area (Å²) < 4.78 is 5.42. The molecule has 0 saturated carbocycles. The first-order chi connectivity index (χ1) is 11.3. The van der Waals surface area contributed by atoms with Crippen LogP contribution in [0.15, 0.2) is 6.33 Å². The minimum absolute atomic E-state index is 0.0121. The molecule has 0 radical (unpaired) electrons. The number of nitrogens with zero attached hydrogens (tertiary/aromatic N) is 4. The Kier molecular flexibility index (Phi) is 4.29. The van der Waals surface area contributed by atoms with Gasteiger partial charge in [-0.2, -0.15) is 0 Å². The molecule has 0 aliphatic carbocycles. The third-order valence-corrected chi connectivity index (χ3v) is 4.01. The molecule has 3 rings (SSSR count). The Hall–Kier alpha value is -2.38. The first-order valence-electron chi connectivity index (χ1n) is 8.20. The predicted octanol–water partition coefficient (Wildman–Crippen LogP) is 1.42. The Morgan fingerprint density at radius 2 is 1.88 bits per heavy atom. The summed E-state index contributed by atoms with van der Waals surface area (Å²) in [7, 11) is 0. The minimum atomic E-state index is -0.488. The Morgan fingerprint density at radius 3 is 2.54 bits per heavy atom. The molecule has 0 bridgehead atoms. The first-order valence-corrected chi connectivity index (χ1v) is 8.20. The van der Waals surface area contributed by atoms with Crippen LogP contribution in [-0.2, 0) is 16.0 Å². The third-order valence-electron chi connectivity index (χ3n) is 4.01. The zero-order valence-electron chi connectivity index (χ0n) is 14.3. The maximum atomic E-state index is 12.1. The summed E-state index contributed by atoms with van der Waals surface area (Å²) in [5.41, 5.74) is 0.487. The van der Waals surface area contributed by atoms with Crippen molar-refractivity contribution in [3.8, 4) is 0 Å². The topological polar surface area (TPSA) is 87.7 Å². The Morgan fingerprint density at radius 1 is 1.17 bits per heavy atom. The lowest BCUT2D eigenvalue weighted by atomic mass is 10.1. The van der Waals surface area contributed by atoms with E-state index in [9.17, 15) is 9.59 Å². The van der Waals surface area contributed by atoms with Crippen molar-refractivity contribution >= 4 is 23.6 Å². The van der Waals surface area contributed by atoms with Crippen LogP contribution in [-0.4, -0.2) is 58.6 Å². The highest BCUT2D eigenvalue weighted by Gasteiger charge is 2.29. The lowest BCUT2D eigenvalue weighted by molar-refractivity contribution is -0.116. The highest BCUT2D eigenvalue weighted by molar-refractivity contribution is 5.93. The van der Waals surface area contributed by atoms with E-state index < -0.39 is 5.60 Å². The van der Waals surface area contributed by atoms with Gasteiger partial charge in [-0.25, -0.2) is 14.8 Å². The smallest absolute Gasteiger partial charge is 0.410 e. The molecule has 130 valence electrons. The Labute approximate surface area is 141 Å². The molecule has 24 heavy (non-hydrogen) atoms. The summed E-state index contributed by atoms with van der Waals surface area (Å²) in [5, 5.41) is 2.79. The van der Waals surface area contributed by atoms with Gasteiger partial charge in [0.1, 0.15) is 23.6 Å². The van der Waals surface area contributed by atoms with Gasteiger partial charge in [0.05, 0.1) is 0 Å². The van der Waals surface area contributed by atoms with Crippen LogP contribution in [0.25, 0.3) is 0 Å². The maximum absolute atomic E-state index is 12.1. The van der Waals surface area contributed by atoms with E-state index in [4.69, 9.17) is 4.74 Å². The molecule has 2 aliphatic heterocycles. The van der Waals surface area contributed by atoms with Gasteiger partial charge in [0.15, 0.2) is 0 Å². The number of piperazine rings is 1. The summed E-state index contributed by atoms with van der Waals surface area (Å²) >= 11 is 0. The molecule has 1 aromatic heterocycles. The largest absolute Gasteiger partial charge is 0.444 e. The van der Waals surface area contributed by atoms with E-state index in [1.54, 1.807) is 4.90 Å². The second-order valence-corrected chi connectivity index (χ2v) is 7.03. The fourth-order valence-corrected chi connectivity index (χ4v) is 2.87. The number of amides is 2. The average molecular weight is 333 g/mol. The van der Waals surface area contributed by atoms with Crippen molar-refractivity contribution in [2.75, 3.05) is 36.4 Å². The number of hydrogen-bond acceptors (Lipinski definition) is 6. The van der Waals surface area contributed by atoms with Gasteiger partial charge in [0, 0.05) is 38.2 Å². The van der Waals surface area contributed by atoms with E-state index in [0.717, 1.165) is 11.4 Å². The molecule has 1 N–H and O–H groups in total. The SMILES string of the molecule is CC(C)(C)OC(=O)N1CCN(c2ncnc3c2CCC(=O)N3)CC1. The first kappa shape index (κ1) is 16.5. The number of anilines is 2. The van der Waals surface area contributed by atoms with Gasteiger partial charge in [-0.15, -0.1) is 0 Å². The molecular weight excluding hydrogens is 310 g/mol. The van der Waals surface area contributed by atoms with Crippen molar-refractivity contribution in [3.05, 3.63) is 11.9 Å². The highest BCUT2D eigenvalue weighted by atomic mass is 16.6. The molecular formula is C16H23N5O3.